The molecule has 0 saturated carbocycles. The van der Waals surface area contributed by atoms with Gasteiger partial charge in [0.05, 0.1) is 17.8 Å². The van der Waals surface area contributed by atoms with E-state index in [1.54, 1.807) is 0 Å². The summed E-state index contributed by atoms with van der Waals surface area (Å²) in [4.78, 5) is 38.0. The first-order valence-corrected chi connectivity index (χ1v) is 8.59. The molecule has 0 saturated heterocycles. The van der Waals surface area contributed by atoms with E-state index in [1.807, 2.05) is 6.92 Å². The van der Waals surface area contributed by atoms with Gasteiger partial charge in [0.1, 0.15) is 5.75 Å². The second-order valence-corrected chi connectivity index (χ2v) is 6.32. The van der Waals surface area contributed by atoms with E-state index in [9.17, 15) is 27.6 Å². The average molecular weight is 394 g/mol. The van der Waals surface area contributed by atoms with Gasteiger partial charge in [0.25, 0.3) is 11.5 Å². The first kappa shape index (κ1) is 19.7. The predicted molar refractivity (Wildman–Crippen MR) is 94.6 cm³/mol. The van der Waals surface area contributed by atoms with Gasteiger partial charge in [0, 0.05) is 24.4 Å². The number of anilines is 1. The van der Waals surface area contributed by atoms with Crippen molar-refractivity contribution >= 4 is 17.4 Å². The monoisotopic (exact) mass is 394 g/mol. The van der Waals surface area contributed by atoms with Crippen LogP contribution in [0, 0.1) is 0 Å². The second-order valence-electron chi connectivity index (χ2n) is 6.32. The van der Waals surface area contributed by atoms with Crippen molar-refractivity contribution in [3.8, 4) is 5.75 Å². The number of hydrogen-bond acceptors (Lipinski definition) is 4. The Balaban J connectivity index is 1.90. The number of fused-ring (bicyclic) bond motifs is 1. The Morgan fingerprint density at radius 2 is 1.93 bits per heavy atom. The van der Waals surface area contributed by atoms with Crippen LogP contribution in [0.25, 0.3) is 0 Å². The Hall–Kier alpha value is -3.10. The van der Waals surface area contributed by atoms with Crippen LogP contribution in [0.2, 0.25) is 0 Å². The third-order valence-corrected chi connectivity index (χ3v) is 4.30. The van der Waals surface area contributed by atoms with Crippen molar-refractivity contribution < 1.29 is 27.5 Å². The average Bonchev–Trinajstić information content (AvgIpc) is 2.64. The molecule has 0 spiro atoms. The maximum absolute atomic E-state index is 12.8. The number of alkyl halides is 3. The molecule has 1 aromatic carbocycles. The van der Waals surface area contributed by atoms with Gasteiger partial charge in [-0.2, -0.15) is 13.2 Å². The van der Waals surface area contributed by atoms with Crippen LogP contribution in [0.3, 0.4) is 0 Å². The molecule has 9 heteroatoms. The Labute approximate surface area is 158 Å². The van der Waals surface area contributed by atoms with Gasteiger partial charge in [-0.05, 0) is 30.7 Å². The van der Waals surface area contributed by atoms with E-state index in [4.69, 9.17) is 4.74 Å². The Kier molecular flexibility index (Phi) is 5.26. The van der Waals surface area contributed by atoms with Gasteiger partial charge in [-0.15, -0.1) is 0 Å². The minimum Gasteiger partial charge on any atom is -0.482 e. The number of amides is 1. The minimum absolute atomic E-state index is 0.0973. The molecular formula is C19H17F3N2O4. The largest absolute Gasteiger partial charge is 0.482 e. The number of nitrogens with zero attached hydrogens (tertiary/aromatic N) is 2. The number of ether oxygens (including phenoxy) is 1. The summed E-state index contributed by atoms with van der Waals surface area (Å²) in [5.41, 5.74) is -1.13. The lowest BCUT2D eigenvalue weighted by molar-refractivity contribution is -0.138. The third-order valence-electron chi connectivity index (χ3n) is 4.30. The van der Waals surface area contributed by atoms with E-state index in [1.165, 1.54) is 23.1 Å². The molecule has 1 aliphatic heterocycles. The predicted octanol–water partition coefficient (Wildman–Crippen LogP) is 2.89. The number of rotatable bonds is 5. The lowest BCUT2D eigenvalue weighted by atomic mass is 10.1. The quantitative estimate of drug-likeness (QED) is 0.732. The molecule has 2 heterocycles. The highest BCUT2D eigenvalue weighted by molar-refractivity contribution is 6.01. The van der Waals surface area contributed by atoms with Crippen molar-refractivity contribution in [2.24, 2.45) is 0 Å². The van der Waals surface area contributed by atoms with Crippen LogP contribution < -0.4 is 15.2 Å². The fourth-order valence-corrected chi connectivity index (χ4v) is 2.91. The maximum Gasteiger partial charge on any atom is 0.417 e. The molecule has 0 unspecified atom stereocenters. The smallest absolute Gasteiger partial charge is 0.417 e. The van der Waals surface area contributed by atoms with Crippen molar-refractivity contribution in [1.82, 2.24) is 4.57 Å². The molecule has 0 bridgehead atoms. The summed E-state index contributed by atoms with van der Waals surface area (Å²) in [6, 6.07) is 5.90. The molecule has 3 rings (SSSR count). The standard InChI is InChI=1S/C19H17F3N2O4/c1-2-7-24-14-8-12(3-5-16(14)28-11-18(24)27)15(25)10-23-9-13(19(20,21)22)4-6-17(23)26/h3-6,8-9H,2,7,10-11H2,1H3. The first-order chi connectivity index (χ1) is 13.2. The Morgan fingerprint density at radius 1 is 1.18 bits per heavy atom. The molecule has 1 aliphatic rings. The van der Waals surface area contributed by atoms with E-state index < -0.39 is 29.6 Å². The topological polar surface area (TPSA) is 68.6 Å². The number of ketones is 1. The van der Waals surface area contributed by atoms with Crippen LogP contribution in [0.5, 0.6) is 5.75 Å². The van der Waals surface area contributed by atoms with E-state index in [0.29, 0.717) is 36.7 Å². The lowest BCUT2D eigenvalue weighted by Gasteiger charge is -2.29. The van der Waals surface area contributed by atoms with Crippen molar-refractivity contribution in [2.45, 2.75) is 26.1 Å². The van der Waals surface area contributed by atoms with Gasteiger partial charge in [-0.1, -0.05) is 6.92 Å². The molecule has 148 valence electrons. The first-order valence-electron chi connectivity index (χ1n) is 8.59. The summed E-state index contributed by atoms with van der Waals surface area (Å²) in [5, 5.41) is 0. The molecule has 0 radical (unpaired) electrons. The van der Waals surface area contributed by atoms with E-state index >= 15 is 0 Å². The molecule has 1 amide bonds. The SMILES string of the molecule is CCCN1C(=O)COc2ccc(C(=O)Cn3cc(C(F)(F)F)ccc3=O)cc21. The number of pyridine rings is 1. The molecular weight excluding hydrogens is 377 g/mol. The third kappa shape index (κ3) is 3.92. The molecule has 1 aromatic heterocycles. The van der Waals surface area contributed by atoms with Gasteiger partial charge >= 0.3 is 6.18 Å². The molecule has 0 N–H and O–H groups in total. The van der Waals surface area contributed by atoms with Crippen LogP contribution in [0.15, 0.2) is 41.3 Å². The number of Topliss-reactive ketones (excluding diaryl/α,β-unsaturated/α-hetero) is 1. The van der Waals surface area contributed by atoms with Crippen LogP contribution in [0.1, 0.15) is 29.3 Å². The van der Waals surface area contributed by atoms with Crippen LogP contribution in [-0.2, 0) is 17.5 Å². The fraction of sp³-hybridized carbons (Fsp3) is 0.316. The zero-order chi connectivity index (χ0) is 20.5. The normalized spacial score (nSPS) is 13.9. The van der Waals surface area contributed by atoms with Gasteiger partial charge in [0.2, 0.25) is 0 Å². The van der Waals surface area contributed by atoms with E-state index in [-0.39, 0.29) is 18.1 Å². The van der Waals surface area contributed by atoms with Gasteiger partial charge in [0.15, 0.2) is 12.4 Å². The Bertz CT molecular complexity index is 982. The van der Waals surface area contributed by atoms with Crippen molar-refractivity contribution in [3.63, 3.8) is 0 Å². The maximum atomic E-state index is 12.8. The zero-order valence-electron chi connectivity index (χ0n) is 15.0. The molecule has 28 heavy (non-hydrogen) atoms. The molecule has 0 fully saturated rings. The highest BCUT2D eigenvalue weighted by Crippen LogP contribution is 2.33. The minimum atomic E-state index is -4.62. The van der Waals surface area contributed by atoms with Crippen LogP contribution >= 0.6 is 0 Å². The van der Waals surface area contributed by atoms with E-state index in [2.05, 4.69) is 0 Å². The van der Waals surface area contributed by atoms with Crippen molar-refractivity contribution in [2.75, 3.05) is 18.1 Å². The summed E-state index contributed by atoms with van der Waals surface area (Å²) < 4.78 is 44.6. The number of carbonyl (C=O) groups is 2. The summed E-state index contributed by atoms with van der Waals surface area (Å²) in [5.74, 6) is -0.354. The fourth-order valence-electron chi connectivity index (χ4n) is 2.91. The number of carbonyl (C=O) groups excluding carboxylic acids is 2. The van der Waals surface area contributed by atoms with Crippen molar-refractivity contribution in [3.05, 3.63) is 58.0 Å². The number of benzene rings is 1. The highest BCUT2D eigenvalue weighted by atomic mass is 19.4. The number of hydrogen-bond donors (Lipinski definition) is 0. The lowest BCUT2D eigenvalue weighted by Crippen LogP contribution is -2.39. The second kappa shape index (κ2) is 7.49. The molecule has 0 aliphatic carbocycles. The van der Waals surface area contributed by atoms with Crippen molar-refractivity contribution in [1.29, 1.82) is 0 Å². The van der Waals surface area contributed by atoms with E-state index in [0.717, 1.165) is 10.6 Å². The summed E-state index contributed by atoms with van der Waals surface area (Å²) >= 11 is 0. The molecule has 2 aromatic rings. The summed E-state index contributed by atoms with van der Waals surface area (Å²) in [7, 11) is 0. The van der Waals surface area contributed by atoms with Crippen LogP contribution in [0.4, 0.5) is 18.9 Å². The van der Waals surface area contributed by atoms with Gasteiger partial charge < -0.3 is 14.2 Å². The summed E-state index contributed by atoms with van der Waals surface area (Å²) in [6.45, 7) is 1.70. The molecule has 0 atom stereocenters. The highest BCUT2D eigenvalue weighted by Gasteiger charge is 2.31. The summed E-state index contributed by atoms with van der Waals surface area (Å²) in [6.07, 6.45) is -3.31. The Morgan fingerprint density at radius 3 is 2.61 bits per heavy atom. The number of aromatic nitrogens is 1. The van der Waals surface area contributed by atoms with Crippen LogP contribution in [-0.4, -0.2) is 29.4 Å². The van der Waals surface area contributed by atoms with Gasteiger partial charge in [-0.3, -0.25) is 14.4 Å². The molecule has 6 nitrogen and oxygen atoms in total. The zero-order valence-corrected chi connectivity index (χ0v) is 15.0. The van der Waals surface area contributed by atoms with Gasteiger partial charge in [-0.25, -0.2) is 0 Å². The number of halogens is 3.